The molecule has 5 nitrogen and oxygen atoms in total. The molecule has 0 radical (unpaired) electrons. The van der Waals surface area contributed by atoms with E-state index in [2.05, 4.69) is 12.8 Å². The van der Waals surface area contributed by atoms with E-state index in [-0.39, 0.29) is 17.8 Å². The number of carboxylic acids is 2. The van der Waals surface area contributed by atoms with Gasteiger partial charge in [0.2, 0.25) is 0 Å². The summed E-state index contributed by atoms with van der Waals surface area (Å²) < 4.78 is 1.08. The summed E-state index contributed by atoms with van der Waals surface area (Å²) in [5.41, 5.74) is -0.563. The van der Waals surface area contributed by atoms with Gasteiger partial charge in [-0.1, -0.05) is 18.9 Å². The zero-order chi connectivity index (χ0) is 10.0. The van der Waals surface area contributed by atoms with Crippen molar-refractivity contribution in [1.82, 2.24) is 4.31 Å². The van der Waals surface area contributed by atoms with Gasteiger partial charge in [-0.3, -0.25) is 0 Å². The van der Waals surface area contributed by atoms with Crippen molar-refractivity contribution in [2.75, 3.05) is 6.54 Å². The fourth-order valence-corrected chi connectivity index (χ4v) is 1.27. The van der Waals surface area contributed by atoms with Gasteiger partial charge >= 0.3 is 11.9 Å². The molecule has 1 heterocycles. The zero-order valence-corrected chi connectivity index (χ0v) is 7.36. The standard InChI is InChI=1S/C7H7NO4S/c9-6(10)4-2-1-3-8(13)5(4)7(11)12/h1-2,13H,3H2,(H,9,10)(H,11,12). The van der Waals surface area contributed by atoms with E-state index >= 15 is 0 Å². The van der Waals surface area contributed by atoms with Crippen molar-refractivity contribution in [3.05, 3.63) is 23.4 Å². The van der Waals surface area contributed by atoms with Crippen LogP contribution in [0.5, 0.6) is 0 Å². The maximum absolute atomic E-state index is 10.6. The lowest BCUT2D eigenvalue weighted by Gasteiger charge is -2.20. The normalized spacial score (nSPS) is 16.2. The fraction of sp³-hybridized carbons (Fsp3) is 0.143. The van der Waals surface area contributed by atoms with E-state index in [0.29, 0.717) is 0 Å². The van der Waals surface area contributed by atoms with Crippen LogP contribution < -0.4 is 0 Å². The average molecular weight is 201 g/mol. The Morgan fingerprint density at radius 3 is 2.38 bits per heavy atom. The lowest BCUT2D eigenvalue weighted by molar-refractivity contribution is -0.136. The van der Waals surface area contributed by atoms with E-state index in [0.717, 1.165) is 4.31 Å². The predicted molar refractivity (Wildman–Crippen MR) is 47.1 cm³/mol. The molecule has 0 atom stereocenters. The average Bonchev–Trinajstić information content (AvgIpc) is 2.02. The first-order valence-electron chi connectivity index (χ1n) is 3.38. The maximum Gasteiger partial charge on any atom is 0.353 e. The summed E-state index contributed by atoms with van der Waals surface area (Å²) in [6.07, 6.45) is 2.79. The van der Waals surface area contributed by atoms with Crippen molar-refractivity contribution in [3.8, 4) is 0 Å². The lowest BCUT2D eigenvalue weighted by atomic mass is 10.1. The van der Waals surface area contributed by atoms with Crippen molar-refractivity contribution < 1.29 is 19.8 Å². The topological polar surface area (TPSA) is 77.8 Å². The quantitative estimate of drug-likeness (QED) is 0.553. The number of nitrogens with zero attached hydrogens (tertiary/aromatic N) is 1. The summed E-state index contributed by atoms with van der Waals surface area (Å²) in [6.45, 7) is 0.279. The van der Waals surface area contributed by atoms with E-state index in [1.54, 1.807) is 0 Å². The Morgan fingerprint density at radius 2 is 2.00 bits per heavy atom. The Bertz CT molecular complexity index is 320. The van der Waals surface area contributed by atoms with Gasteiger partial charge in [-0.2, -0.15) is 0 Å². The molecule has 70 valence electrons. The first kappa shape index (κ1) is 9.66. The van der Waals surface area contributed by atoms with Gasteiger partial charge in [-0.25, -0.2) is 9.59 Å². The number of thiol groups is 1. The molecule has 0 fully saturated rings. The molecule has 13 heavy (non-hydrogen) atoms. The number of carbonyl (C=O) groups is 2. The smallest absolute Gasteiger partial charge is 0.353 e. The third kappa shape index (κ3) is 1.83. The third-order valence-corrected chi connectivity index (χ3v) is 1.87. The molecule has 1 aliphatic heterocycles. The summed E-state index contributed by atoms with van der Waals surface area (Å²) in [6, 6.07) is 0. The van der Waals surface area contributed by atoms with Crippen LogP contribution in [0, 0.1) is 0 Å². The number of carboxylic acid groups (broad SMARTS) is 2. The molecular formula is C7H7NO4S. The molecule has 0 aromatic rings. The van der Waals surface area contributed by atoms with Gasteiger partial charge in [-0.05, 0) is 6.08 Å². The van der Waals surface area contributed by atoms with E-state index in [1.807, 2.05) is 0 Å². The summed E-state index contributed by atoms with van der Waals surface area (Å²) >= 11 is 3.83. The summed E-state index contributed by atoms with van der Waals surface area (Å²) in [7, 11) is 0. The van der Waals surface area contributed by atoms with E-state index in [9.17, 15) is 9.59 Å². The predicted octanol–water partition coefficient (Wildman–Crippen LogP) is 0.126. The molecule has 0 aromatic heterocycles. The van der Waals surface area contributed by atoms with Crippen molar-refractivity contribution >= 4 is 24.8 Å². The number of rotatable bonds is 2. The zero-order valence-electron chi connectivity index (χ0n) is 6.47. The van der Waals surface area contributed by atoms with Crippen LogP contribution in [0.3, 0.4) is 0 Å². The minimum absolute atomic E-state index is 0.256. The van der Waals surface area contributed by atoms with Crippen molar-refractivity contribution in [3.63, 3.8) is 0 Å². The highest BCUT2D eigenvalue weighted by Crippen LogP contribution is 2.19. The molecular weight excluding hydrogens is 194 g/mol. The molecule has 1 rings (SSSR count). The van der Waals surface area contributed by atoms with Crippen LogP contribution in [-0.2, 0) is 9.59 Å². The van der Waals surface area contributed by atoms with Crippen LogP contribution in [0.2, 0.25) is 0 Å². The second-order valence-electron chi connectivity index (χ2n) is 2.36. The van der Waals surface area contributed by atoms with Gasteiger partial charge in [0.05, 0.1) is 5.57 Å². The van der Waals surface area contributed by atoms with E-state index in [1.165, 1.54) is 12.2 Å². The molecule has 0 amide bonds. The molecule has 0 unspecified atom stereocenters. The van der Waals surface area contributed by atoms with Crippen LogP contribution in [0.1, 0.15) is 0 Å². The number of hydrogen-bond acceptors (Lipinski definition) is 4. The van der Waals surface area contributed by atoms with Gasteiger partial charge in [0.25, 0.3) is 0 Å². The molecule has 2 N–H and O–H groups in total. The Labute approximate surface area is 79.5 Å². The van der Waals surface area contributed by atoms with Crippen LogP contribution >= 0.6 is 12.8 Å². The Hall–Kier alpha value is -1.43. The van der Waals surface area contributed by atoms with Crippen molar-refractivity contribution in [2.24, 2.45) is 0 Å². The van der Waals surface area contributed by atoms with Gasteiger partial charge in [-0.15, -0.1) is 0 Å². The Morgan fingerprint density at radius 1 is 1.38 bits per heavy atom. The minimum Gasteiger partial charge on any atom is -0.478 e. The summed E-state index contributed by atoms with van der Waals surface area (Å²) in [5, 5.41) is 17.3. The minimum atomic E-state index is -1.29. The van der Waals surface area contributed by atoms with E-state index in [4.69, 9.17) is 10.2 Å². The summed E-state index contributed by atoms with van der Waals surface area (Å²) in [4.78, 5) is 21.2. The highest BCUT2D eigenvalue weighted by atomic mass is 32.1. The first-order chi connectivity index (χ1) is 6.04. The Kier molecular flexibility index (Phi) is 2.62. The molecule has 1 aliphatic rings. The highest BCUT2D eigenvalue weighted by molar-refractivity contribution is 7.77. The van der Waals surface area contributed by atoms with Crippen molar-refractivity contribution in [2.45, 2.75) is 0 Å². The van der Waals surface area contributed by atoms with Gasteiger partial charge < -0.3 is 14.5 Å². The van der Waals surface area contributed by atoms with Gasteiger partial charge in [0.15, 0.2) is 0 Å². The van der Waals surface area contributed by atoms with Gasteiger partial charge in [0, 0.05) is 6.54 Å². The fourth-order valence-electron chi connectivity index (χ4n) is 0.978. The maximum atomic E-state index is 10.6. The largest absolute Gasteiger partial charge is 0.478 e. The van der Waals surface area contributed by atoms with Crippen LogP contribution in [0.25, 0.3) is 0 Å². The van der Waals surface area contributed by atoms with Crippen LogP contribution in [0.4, 0.5) is 0 Å². The molecule has 0 bridgehead atoms. The van der Waals surface area contributed by atoms with Crippen LogP contribution in [0.15, 0.2) is 23.4 Å². The number of aliphatic carboxylic acids is 2. The van der Waals surface area contributed by atoms with Crippen LogP contribution in [-0.4, -0.2) is 33.0 Å². The monoisotopic (exact) mass is 201 g/mol. The molecule has 6 heteroatoms. The highest BCUT2D eigenvalue weighted by Gasteiger charge is 2.24. The molecule has 0 aliphatic carbocycles. The lowest BCUT2D eigenvalue weighted by Crippen LogP contribution is -2.25. The Balaban J connectivity index is 3.20. The molecule has 0 saturated carbocycles. The van der Waals surface area contributed by atoms with E-state index < -0.39 is 11.9 Å². The third-order valence-electron chi connectivity index (χ3n) is 1.51. The number of hydrogen-bond donors (Lipinski definition) is 3. The SMILES string of the molecule is O=C(O)C1=C(C(=O)O)N(S)CC=C1. The molecule has 0 spiro atoms. The molecule has 0 saturated heterocycles. The second kappa shape index (κ2) is 3.53. The summed E-state index contributed by atoms with van der Waals surface area (Å²) in [5.74, 6) is -2.57. The first-order valence-corrected chi connectivity index (χ1v) is 3.78. The van der Waals surface area contributed by atoms with Crippen molar-refractivity contribution in [1.29, 1.82) is 0 Å². The second-order valence-corrected chi connectivity index (χ2v) is 2.84. The molecule has 0 aromatic carbocycles. The van der Waals surface area contributed by atoms with Gasteiger partial charge in [0.1, 0.15) is 5.70 Å².